The van der Waals surface area contributed by atoms with Crippen molar-refractivity contribution in [3.63, 3.8) is 0 Å². The molecule has 104 valence electrons. The van der Waals surface area contributed by atoms with Gasteiger partial charge in [-0.2, -0.15) is 0 Å². The zero-order valence-corrected chi connectivity index (χ0v) is 11.4. The number of amides is 1. The van der Waals surface area contributed by atoms with Crippen LogP contribution in [0.25, 0.3) is 0 Å². The van der Waals surface area contributed by atoms with Crippen LogP contribution < -0.4 is 11.1 Å². The van der Waals surface area contributed by atoms with Gasteiger partial charge in [0.1, 0.15) is 0 Å². The molecule has 0 spiro atoms. The van der Waals surface area contributed by atoms with E-state index in [0.29, 0.717) is 17.7 Å². The number of carbonyl (C=O) groups is 1. The van der Waals surface area contributed by atoms with Crippen molar-refractivity contribution in [2.45, 2.75) is 13.3 Å². The molecule has 0 aliphatic rings. The lowest BCUT2D eigenvalue weighted by molar-refractivity contribution is 0.102. The Bertz CT molecular complexity index is 606. The summed E-state index contributed by atoms with van der Waals surface area (Å²) in [4.78, 5) is 12.2. The van der Waals surface area contributed by atoms with Crippen molar-refractivity contribution in [1.82, 2.24) is 0 Å². The second-order valence-corrected chi connectivity index (χ2v) is 4.64. The largest absolute Gasteiger partial charge is 0.398 e. The van der Waals surface area contributed by atoms with Crippen molar-refractivity contribution in [2.75, 3.05) is 17.7 Å². The van der Waals surface area contributed by atoms with E-state index in [2.05, 4.69) is 5.32 Å². The van der Waals surface area contributed by atoms with Crippen LogP contribution in [0, 0.1) is 6.92 Å². The lowest BCUT2D eigenvalue weighted by Gasteiger charge is -2.09. The van der Waals surface area contributed by atoms with Crippen LogP contribution in [0.3, 0.4) is 0 Å². The number of nitrogens with two attached hydrogens (primary N) is 1. The molecule has 4 N–H and O–H groups in total. The third-order valence-electron chi connectivity index (χ3n) is 3.23. The van der Waals surface area contributed by atoms with E-state index < -0.39 is 0 Å². The minimum Gasteiger partial charge on any atom is -0.398 e. The average Bonchev–Trinajstić information content (AvgIpc) is 2.44. The van der Waals surface area contributed by atoms with Gasteiger partial charge in [-0.1, -0.05) is 18.2 Å². The first kappa shape index (κ1) is 14.1. The highest BCUT2D eigenvalue weighted by Crippen LogP contribution is 2.17. The Labute approximate surface area is 118 Å². The zero-order chi connectivity index (χ0) is 14.5. The van der Waals surface area contributed by atoms with E-state index in [1.54, 1.807) is 18.2 Å². The van der Waals surface area contributed by atoms with Crippen LogP contribution in [0.1, 0.15) is 21.5 Å². The van der Waals surface area contributed by atoms with Gasteiger partial charge in [-0.15, -0.1) is 0 Å². The Morgan fingerprint density at radius 2 is 1.90 bits per heavy atom. The van der Waals surface area contributed by atoms with E-state index in [9.17, 15) is 4.79 Å². The topological polar surface area (TPSA) is 75.4 Å². The van der Waals surface area contributed by atoms with E-state index >= 15 is 0 Å². The molecule has 0 atom stereocenters. The van der Waals surface area contributed by atoms with Crippen LogP contribution in [0.4, 0.5) is 11.4 Å². The molecule has 0 fully saturated rings. The van der Waals surface area contributed by atoms with Gasteiger partial charge in [-0.05, 0) is 48.7 Å². The molecule has 0 bridgehead atoms. The lowest BCUT2D eigenvalue weighted by atomic mass is 10.1. The second kappa shape index (κ2) is 6.21. The maximum Gasteiger partial charge on any atom is 0.256 e. The Balaban J connectivity index is 2.13. The van der Waals surface area contributed by atoms with Gasteiger partial charge in [-0.3, -0.25) is 4.79 Å². The van der Waals surface area contributed by atoms with Crippen LogP contribution in [0.15, 0.2) is 42.5 Å². The number of benzene rings is 2. The number of carbonyl (C=O) groups excluding carboxylic acids is 1. The number of aliphatic hydroxyl groups is 1. The fourth-order valence-corrected chi connectivity index (χ4v) is 1.98. The maximum atomic E-state index is 12.2. The average molecular weight is 270 g/mol. The first-order valence-corrected chi connectivity index (χ1v) is 6.48. The van der Waals surface area contributed by atoms with Crippen molar-refractivity contribution in [1.29, 1.82) is 0 Å². The molecular weight excluding hydrogens is 252 g/mol. The molecule has 0 heterocycles. The summed E-state index contributed by atoms with van der Waals surface area (Å²) in [6, 6.07) is 12.7. The Kier molecular flexibility index (Phi) is 4.38. The van der Waals surface area contributed by atoms with E-state index in [0.717, 1.165) is 16.8 Å². The first-order chi connectivity index (χ1) is 9.61. The van der Waals surface area contributed by atoms with Crippen molar-refractivity contribution in [3.05, 3.63) is 59.2 Å². The third kappa shape index (κ3) is 3.16. The summed E-state index contributed by atoms with van der Waals surface area (Å²) in [6.07, 6.45) is 0.614. The smallest absolute Gasteiger partial charge is 0.256 e. The van der Waals surface area contributed by atoms with Crippen LogP contribution in [-0.2, 0) is 6.42 Å². The number of hydrogen-bond donors (Lipinski definition) is 3. The molecule has 2 rings (SSSR count). The summed E-state index contributed by atoms with van der Waals surface area (Å²) in [5.41, 5.74) is 9.52. The van der Waals surface area contributed by atoms with Gasteiger partial charge in [0.2, 0.25) is 0 Å². The molecule has 4 nitrogen and oxygen atoms in total. The Morgan fingerprint density at radius 1 is 1.20 bits per heavy atom. The highest BCUT2D eigenvalue weighted by Gasteiger charge is 2.10. The normalized spacial score (nSPS) is 10.3. The fraction of sp³-hybridized carbons (Fsp3) is 0.188. The standard InChI is InChI=1S/C16H18N2O2/c1-11-14(3-2-4-15(11)17)16(20)18-13-7-5-12(6-8-13)9-10-19/h2-8,19H,9-10,17H2,1H3,(H,18,20). The van der Waals surface area contributed by atoms with Crippen molar-refractivity contribution < 1.29 is 9.90 Å². The van der Waals surface area contributed by atoms with E-state index in [1.165, 1.54) is 0 Å². The monoisotopic (exact) mass is 270 g/mol. The minimum atomic E-state index is -0.176. The highest BCUT2D eigenvalue weighted by atomic mass is 16.2. The molecule has 4 heteroatoms. The third-order valence-corrected chi connectivity index (χ3v) is 3.23. The summed E-state index contributed by atoms with van der Waals surface area (Å²) in [5.74, 6) is -0.176. The first-order valence-electron chi connectivity index (χ1n) is 6.48. The van der Waals surface area contributed by atoms with Crippen molar-refractivity contribution >= 4 is 17.3 Å². The number of rotatable bonds is 4. The number of nitrogens with one attached hydrogen (secondary N) is 1. The van der Waals surface area contributed by atoms with Crippen molar-refractivity contribution in [3.8, 4) is 0 Å². The summed E-state index contributed by atoms with van der Waals surface area (Å²) < 4.78 is 0. The molecule has 0 aliphatic carbocycles. The molecule has 0 saturated heterocycles. The highest BCUT2D eigenvalue weighted by molar-refractivity contribution is 6.06. The molecule has 0 radical (unpaired) electrons. The molecule has 0 unspecified atom stereocenters. The Morgan fingerprint density at radius 3 is 2.55 bits per heavy atom. The SMILES string of the molecule is Cc1c(N)cccc1C(=O)Nc1ccc(CCO)cc1. The van der Waals surface area contributed by atoms with Gasteiger partial charge < -0.3 is 16.2 Å². The van der Waals surface area contributed by atoms with E-state index in [-0.39, 0.29) is 12.5 Å². The number of hydrogen-bond acceptors (Lipinski definition) is 3. The van der Waals surface area contributed by atoms with Gasteiger partial charge in [0.25, 0.3) is 5.91 Å². The molecule has 0 aliphatic heterocycles. The Hall–Kier alpha value is -2.33. The van der Waals surface area contributed by atoms with Gasteiger partial charge in [-0.25, -0.2) is 0 Å². The van der Waals surface area contributed by atoms with E-state index in [1.807, 2.05) is 31.2 Å². The maximum absolute atomic E-state index is 12.2. The van der Waals surface area contributed by atoms with Gasteiger partial charge in [0.05, 0.1) is 0 Å². The van der Waals surface area contributed by atoms with Gasteiger partial charge in [0.15, 0.2) is 0 Å². The molecule has 0 saturated carbocycles. The summed E-state index contributed by atoms with van der Waals surface area (Å²) in [6.45, 7) is 1.95. The predicted octanol–water partition coefficient (Wildman–Crippen LogP) is 2.36. The van der Waals surface area contributed by atoms with Crippen LogP contribution in [0.5, 0.6) is 0 Å². The quantitative estimate of drug-likeness (QED) is 0.747. The molecular formula is C16H18N2O2. The predicted molar refractivity (Wildman–Crippen MR) is 80.8 cm³/mol. The zero-order valence-electron chi connectivity index (χ0n) is 11.4. The van der Waals surface area contributed by atoms with Gasteiger partial charge in [0, 0.05) is 23.5 Å². The fourth-order valence-electron chi connectivity index (χ4n) is 1.98. The number of aliphatic hydroxyl groups excluding tert-OH is 1. The molecule has 1 amide bonds. The second-order valence-electron chi connectivity index (χ2n) is 4.64. The number of anilines is 2. The van der Waals surface area contributed by atoms with Crippen LogP contribution >= 0.6 is 0 Å². The number of nitrogen functional groups attached to an aromatic ring is 1. The summed E-state index contributed by atoms with van der Waals surface area (Å²) in [5, 5.41) is 11.7. The van der Waals surface area contributed by atoms with Crippen LogP contribution in [0.2, 0.25) is 0 Å². The minimum absolute atomic E-state index is 0.119. The summed E-state index contributed by atoms with van der Waals surface area (Å²) >= 11 is 0. The molecule has 2 aromatic carbocycles. The molecule has 20 heavy (non-hydrogen) atoms. The van der Waals surface area contributed by atoms with E-state index in [4.69, 9.17) is 10.8 Å². The van der Waals surface area contributed by atoms with Crippen molar-refractivity contribution in [2.24, 2.45) is 0 Å². The molecule has 0 aromatic heterocycles. The molecule has 2 aromatic rings. The van der Waals surface area contributed by atoms with Crippen LogP contribution in [-0.4, -0.2) is 17.6 Å². The lowest BCUT2D eigenvalue weighted by Crippen LogP contribution is -2.14. The summed E-state index contributed by atoms with van der Waals surface area (Å²) in [7, 11) is 0. The van der Waals surface area contributed by atoms with Gasteiger partial charge >= 0.3 is 0 Å².